The molecule has 0 bridgehead atoms. The van der Waals surface area contributed by atoms with Crippen LogP contribution in [0.1, 0.15) is 129 Å². The number of carbonyl (C=O) groups excluding carboxylic acids is 1. The number of nitrogens with one attached hydrogen (secondary N) is 1. The summed E-state index contributed by atoms with van der Waals surface area (Å²) in [4.78, 5) is 23.7. The smallest absolute Gasteiger partial charge is 0.407 e. The third-order valence-electron chi connectivity index (χ3n) is 6.34. The lowest BCUT2D eigenvalue weighted by atomic mass is 10.0. The van der Waals surface area contributed by atoms with Crippen molar-refractivity contribution in [3.63, 3.8) is 0 Å². The van der Waals surface area contributed by atoms with Gasteiger partial charge in [0.05, 0.1) is 13.2 Å². The summed E-state index contributed by atoms with van der Waals surface area (Å²) >= 11 is 0. The van der Waals surface area contributed by atoms with E-state index >= 15 is 0 Å². The Morgan fingerprint density at radius 1 is 0.778 bits per heavy atom. The van der Waals surface area contributed by atoms with Gasteiger partial charge in [0.2, 0.25) is 0 Å². The first kappa shape index (κ1) is 35.5. The van der Waals surface area contributed by atoms with Crippen molar-refractivity contribution in [3.8, 4) is 0 Å². The van der Waals surface area contributed by atoms with Crippen LogP contribution in [-0.4, -0.2) is 62.4 Å². The number of amides is 1. The standard InChI is InChI=1S/C28H59N2O5P/c1-5-7-8-9-10-11-12-13-14-15-16-17-18-19-20-21-22-23-27(35-28(31)29-6-2)26-34-36(32)33-25-24-30(3)4/h27,32H,5-26H2,1-4H3,(H,29,31). The van der Waals surface area contributed by atoms with Crippen molar-refractivity contribution in [1.82, 2.24) is 10.2 Å². The van der Waals surface area contributed by atoms with E-state index < -0.39 is 14.7 Å². The lowest BCUT2D eigenvalue weighted by molar-refractivity contribution is 0.0513. The third kappa shape index (κ3) is 26.6. The van der Waals surface area contributed by atoms with E-state index in [9.17, 15) is 9.69 Å². The summed E-state index contributed by atoms with van der Waals surface area (Å²) in [5, 5.41) is 2.66. The van der Waals surface area contributed by atoms with E-state index in [0.717, 1.165) is 19.3 Å². The van der Waals surface area contributed by atoms with E-state index in [1.165, 1.54) is 96.3 Å². The highest BCUT2D eigenvalue weighted by molar-refractivity contribution is 7.40. The Labute approximate surface area is 224 Å². The fourth-order valence-corrected chi connectivity index (χ4v) is 4.70. The molecular weight excluding hydrogens is 475 g/mol. The van der Waals surface area contributed by atoms with Crippen molar-refractivity contribution in [2.24, 2.45) is 0 Å². The van der Waals surface area contributed by atoms with Gasteiger partial charge >= 0.3 is 14.7 Å². The normalized spacial score (nSPS) is 13.2. The average Bonchev–Trinajstić information content (AvgIpc) is 2.84. The number of alkyl carbamates (subject to hydrolysis) is 1. The first-order valence-electron chi connectivity index (χ1n) is 14.8. The SMILES string of the molecule is CCCCCCCCCCCCCCCCCCCC(COP(O)OCCN(C)C)OC(=O)NCC. The number of carbonyl (C=O) groups is 1. The highest BCUT2D eigenvalue weighted by atomic mass is 31.2. The van der Waals surface area contributed by atoms with Crippen LogP contribution in [0.4, 0.5) is 4.79 Å². The Morgan fingerprint density at radius 3 is 1.69 bits per heavy atom. The summed E-state index contributed by atoms with van der Waals surface area (Å²) in [7, 11) is 1.93. The second-order valence-electron chi connectivity index (χ2n) is 10.2. The number of ether oxygens (including phenoxy) is 1. The van der Waals surface area contributed by atoms with Gasteiger partial charge in [-0.1, -0.05) is 110 Å². The minimum absolute atomic E-state index is 0.153. The van der Waals surface area contributed by atoms with Crippen LogP contribution in [0.5, 0.6) is 0 Å². The zero-order valence-electron chi connectivity index (χ0n) is 24.1. The van der Waals surface area contributed by atoms with Crippen molar-refractivity contribution in [3.05, 3.63) is 0 Å². The maximum atomic E-state index is 11.8. The third-order valence-corrected chi connectivity index (χ3v) is 7.11. The topological polar surface area (TPSA) is 80.3 Å². The number of rotatable bonds is 27. The second kappa shape index (κ2) is 27.6. The molecule has 0 aromatic carbocycles. The summed E-state index contributed by atoms with van der Waals surface area (Å²) in [6.45, 7) is 5.91. The molecule has 0 rings (SSSR count). The quantitative estimate of drug-likeness (QED) is 0.0822. The fourth-order valence-electron chi connectivity index (χ4n) is 4.10. The van der Waals surface area contributed by atoms with Crippen LogP contribution in [0.25, 0.3) is 0 Å². The Hall–Kier alpha value is -0.460. The zero-order chi connectivity index (χ0) is 26.7. The Balaban J connectivity index is 3.73. The lowest BCUT2D eigenvalue weighted by Crippen LogP contribution is -2.31. The van der Waals surface area contributed by atoms with Gasteiger partial charge in [0.25, 0.3) is 0 Å². The molecule has 0 aliphatic carbocycles. The molecular formula is C28H59N2O5P. The molecule has 8 heteroatoms. The Bertz CT molecular complexity index is 471. The summed E-state index contributed by atoms with van der Waals surface area (Å²) in [5.41, 5.74) is 0. The molecule has 0 aromatic rings. The lowest BCUT2D eigenvalue weighted by Gasteiger charge is -2.20. The molecule has 0 saturated heterocycles. The molecule has 0 radical (unpaired) electrons. The van der Waals surface area contributed by atoms with E-state index in [2.05, 4.69) is 12.2 Å². The molecule has 0 aliphatic rings. The minimum atomic E-state index is -1.96. The van der Waals surface area contributed by atoms with Gasteiger partial charge in [-0.3, -0.25) is 0 Å². The van der Waals surface area contributed by atoms with Gasteiger partial charge in [-0.15, -0.1) is 0 Å². The van der Waals surface area contributed by atoms with Crippen molar-refractivity contribution >= 4 is 14.7 Å². The molecule has 0 fully saturated rings. The first-order chi connectivity index (χ1) is 17.5. The van der Waals surface area contributed by atoms with E-state index in [0.29, 0.717) is 19.7 Å². The molecule has 0 spiro atoms. The summed E-state index contributed by atoms with van der Waals surface area (Å²) < 4.78 is 16.2. The number of hydrogen-bond acceptors (Lipinski definition) is 6. The molecule has 0 heterocycles. The van der Waals surface area contributed by atoms with E-state index in [1.54, 1.807) is 0 Å². The number of unbranched alkanes of at least 4 members (excludes halogenated alkanes) is 16. The summed E-state index contributed by atoms with van der Waals surface area (Å²) in [5.74, 6) is 0. The molecule has 2 unspecified atom stereocenters. The van der Waals surface area contributed by atoms with E-state index in [1.807, 2.05) is 25.9 Å². The van der Waals surface area contributed by atoms with Gasteiger partial charge in [0.15, 0.2) is 0 Å². The molecule has 216 valence electrons. The van der Waals surface area contributed by atoms with Gasteiger partial charge in [0.1, 0.15) is 6.10 Å². The van der Waals surface area contributed by atoms with Crippen LogP contribution in [0.15, 0.2) is 0 Å². The van der Waals surface area contributed by atoms with Gasteiger partial charge in [0, 0.05) is 13.1 Å². The Morgan fingerprint density at radius 2 is 1.25 bits per heavy atom. The van der Waals surface area contributed by atoms with Crippen molar-refractivity contribution in [1.29, 1.82) is 0 Å². The van der Waals surface area contributed by atoms with Crippen LogP contribution < -0.4 is 5.32 Å². The Kier molecular flexibility index (Phi) is 27.2. The van der Waals surface area contributed by atoms with Crippen LogP contribution in [-0.2, 0) is 13.8 Å². The van der Waals surface area contributed by atoms with E-state index in [4.69, 9.17) is 13.8 Å². The molecule has 0 saturated carbocycles. The predicted octanol–water partition coefficient (Wildman–Crippen LogP) is 7.96. The van der Waals surface area contributed by atoms with Gasteiger partial charge in [-0.25, -0.2) is 4.79 Å². The minimum Gasteiger partial charge on any atom is -0.444 e. The van der Waals surface area contributed by atoms with Gasteiger partial charge < -0.3 is 28.9 Å². The molecule has 7 nitrogen and oxygen atoms in total. The zero-order valence-corrected chi connectivity index (χ0v) is 25.0. The van der Waals surface area contributed by atoms with Crippen LogP contribution in [0, 0.1) is 0 Å². The monoisotopic (exact) mass is 534 g/mol. The molecule has 2 N–H and O–H groups in total. The van der Waals surface area contributed by atoms with Crippen molar-refractivity contribution in [2.75, 3.05) is 40.4 Å². The summed E-state index contributed by atoms with van der Waals surface area (Å²) in [6, 6.07) is 0. The number of likely N-dealkylation sites (N-methyl/N-ethyl adjacent to an activating group) is 1. The van der Waals surface area contributed by atoms with Gasteiger partial charge in [-0.2, -0.15) is 0 Å². The van der Waals surface area contributed by atoms with Crippen LogP contribution in [0.3, 0.4) is 0 Å². The van der Waals surface area contributed by atoms with Gasteiger partial charge in [-0.05, 0) is 33.9 Å². The predicted molar refractivity (Wildman–Crippen MR) is 152 cm³/mol. The first-order valence-corrected chi connectivity index (χ1v) is 16.0. The maximum absolute atomic E-state index is 11.8. The fraction of sp³-hybridized carbons (Fsp3) is 0.964. The average molecular weight is 535 g/mol. The molecule has 0 aliphatic heterocycles. The number of hydrogen-bond donors (Lipinski definition) is 2. The van der Waals surface area contributed by atoms with Crippen LogP contribution in [0.2, 0.25) is 0 Å². The highest BCUT2D eigenvalue weighted by Gasteiger charge is 2.17. The highest BCUT2D eigenvalue weighted by Crippen LogP contribution is 2.33. The number of nitrogens with zero attached hydrogens (tertiary/aromatic N) is 1. The second-order valence-corrected chi connectivity index (χ2v) is 11.2. The van der Waals surface area contributed by atoms with E-state index in [-0.39, 0.29) is 12.7 Å². The van der Waals surface area contributed by atoms with Crippen molar-refractivity contribution < 1.29 is 23.5 Å². The van der Waals surface area contributed by atoms with Crippen LogP contribution >= 0.6 is 8.60 Å². The molecule has 1 amide bonds. The molecule has 36 heavy (non-hydrogen) atoms. The largest absolute Gasteiger partial charge is 0.444 e. The molecule has 0 aromatic heterocycles. The molecule has 2 atom stereocenters. The maximum Gasteiger partial charge on any atom is 0.407 e. The van der Waals surface area contributed by atoms with Crippen molar-refractivity contribution in [2.45, 2.75) is 136 Å². The summed E-state index contributed by atoms with van der Waals surface area (Å²) in [6.07, 6.45) is 22.6.